The number of aliphatic imine (C=N–C) groups is 2. The maximum atomic E-state index is 13.3. The average Bonchev–Trinajstić information content (AvgIpc) is 2.91. The Morgan fingerprint density at radius 2 is 1.19 bits per heavy atom. The van der Waals surface area contributed by atoms with E-state index in [-0.39, 0.29) is 57.1 Å². The van der Waals surface area contributed by atoms with Gasteiger partial charge in [0.2, 0.25) is 17.7 Å². The van der Waals surface area contributed by atoms with Crippen molar-refractivity contribution in [3.05, 3.63) is 35.9 Å². The molecule has 17 nitrogen and oxygen atoms in total. The smallest absolute Gasteiger partial charge is 0.326 e. The topological polar surface area (TPSA) is 317 Å². The highest BCUT2D eigenvalue weighted by atomic mass is 16.4. The van der Waals surface area contributed by atoms with Crippen LogP contribution in [0.5, 0.6) is 0 Å². The van der Waals surface area contributed by atoms with Gasteiger partial charge in [0.1, 0.15) is 18.1 Å². The van der Waals surface area contributed by atoms with Gasteiger partial charge in [-0.15, -0.1) is 0 Å². The van der Waals surface area contributed by atoms with Crippen LogP contribution in [0.1, 0.15) is 37.7 Å². The zero-order valence-electron chi connectivity index (χ0n) is 23.1. The van der Waals surface area contributed by atoms with E-state index in [1.807, 2.05) is 0 Å². The maximum absolute atomic E-state index is 13.3. The third-order valence-corrected chi connectivity index (χ3v) is 5.79. The van der Waals surface area contributed by atoms with Crippen molar-refractivity contribution in [2.45, 2.75) is 62.7 Å². The molecule has 1 aromatic carbocycles. The van der Waals surface area contributed by atoms with E-state index in [9.17, 15) is 29.1 Å². The van der Waals surface area contributed by atoms with Crippen LogP contribution < -0.4 is 44.6 Å². The Hall–Kier alpha value is -4.93. The number of nitrogens with one attached hydrogen (secondary N) is 3. The van der Waals surface area contributed by atoms with Gasteiger partial charge < -0.3 is 54.8 Å². The molecule has 0 aliphatic rings. The number of nitrogens with zero attached hydrogens (tertiary/aromatic N) is 2. The van der Waals surface area contributed by atoms with Gasteiger partial charge in [0.25, 0.3) is 0 Å². The maximum Gasteiger partial charge on any atom is 0.326 e. The molecule has 1 rings (SSSR count). The van der Waals surface area contributed by atoms with E-state index in [1.54, 1.807) is 30.3 Å². The van der Waals surface area contributed by atoms with Crippen LogP contribution in [0, 0.1) is 0 Å². The Kier molecular flexibility index (Phi) is 15.4. The summed E-state index contributed by atoms with van der Waals surface area (Å²) in [5, 5.41) is 26.0. The molecule has 4 atom stereocenters. The van der Waals surface area contributed by atoms with E-state index in [4.69, 9.17) is 33.8 Å². The fourth-order valence-corrected chi connectivity index (χ4v) is 3.70. The second kappa shape index (κ2) is 18.4. The molecule has 0 radical (unpaired) electrons. The zero-order chi connectivity index (χ0) is 31.7. The summed E-state index contributed by atoms with van der Waals surface area (Å²) in [6.45, 7) is 0.272. The van der Waals surface area contributed by atoms with Gasteiger partial charge in [-0.1, -0.05) is 30.3 Å². The van der Waals surface area contributed by atoms with Gasteiger partial charge in [0.15, 0.2) is 11.9 Å². The first-order valence-electron chi connectivity index (χ1n) is 13.1. The van der Waals surface area contributed by atoms with E-state index < -0.39 is 60.2 Å². The van der Waals surface area contributed by atoms with Gasteiger partial charge in [0.05, 0.1) is 12.5 Å². The Morgan fingerprint density at radius 1 is 0.714 bits per heavy atom. The van der Waals surface area contributed by atoms with E-state index >= 15 is 0 Å². The number of benzene rings is 1. The van der Waals surface area contributed by atoms with E-state index in [2.05, 4.69) is 25.9 Å². The molecular formula is C25H40N10O7. The van der Waals surface area contributed by atoms with E-state index in [0.29, 0.717) is 5.56 Å². The van der Waals surface area contributed by atoms with Crippen molar-refractivity contribution in [1.82, 2.24) is 16.0 Å². The normalized spacial score (nSPS) is 13.4. The van der Waals surface area contributed by atoms with Gasteiger partial charge in [0, 0.05) is 19.5 Å². The number of rotatable bonds is 19. The third-order valence-electron chi connectivity index (χ3n) is 5.79. The predicted octanol–water partition coefficient (Wildman–Crippen LogP) is -3.32. The van der Waals surface area contributed by atoms with E-state index in [1.165, 1.54) is 0 Å². The number of carbonyl (C=O) groups excluding carboxylic acids is 3. The lowest BCUT2D eigenvalue weighted by atomic mass is 10.0. The minimum Gasteiger partial charge on any atom is -0.481 e. The quantitative estimate of drug-likeness (QED) is 0.0428. The number of hydrogen-bond donors (Lipinski definition) is 10. The van der Waals surface area contributed by atoms with Crippen LogP contribution in [0.25, 0.3) is 0 Å². The minimum absolute atomic E-state index is 0.00799. The zero-order valence-corrected chi connectivity index (χ0v) is 23.1. The number of carboxylic acid groups (broad SMARTS) is 2. The largest absolute Gasteiger partial charge is 0.481 e. The number of carboxylic acids is 2. The number of aliphatic carboxylic acids is 2. The van der Waals surface area contributed by atoms with Crippen LogP contribution in [-0.4, -0.2) is 89.0 Å². The highest BCUT2D eigenvalue weighted by Gasteiger charge is 2.30. The highest BCUT2D eigenvalue weighted by molar-refractivity contribution is 5.94. The molecule has 0 bridgehead atoms. The third kappa shape index (κ3) is 14.5. The van der Waals surface area contributed by atoms with Crippen LogP contribution >= 0.6 is 0 Å². The Balaban J connectivity index is 3.15. The molecule has 1 aromatic rings. The minimum atomic E-state index is -1.44. The van der Waals surface area contributed by atoms with Crippen LogP contribution in [-0.2, 0) is 30.4 Å². The number of nitrogens with two attached hydrogens (primary N) is 5. The van der Waals surface area contributed by atoms with Crippen molar-refractivity contribution < 1.29 is 34.2 Å². The molecule has 0 saturated carbocycles. The SMILES string of the molecule is NC(N)=NCCCC(NC(=O)C(Cc1ccccc1)NC(=O)C(CCCN=C(N)N)NC(=O)C(N)CC(=O)O)C(=O)O. The highest BCUT2D eigenvalue weighted by Crippen LogP contribution is 2.08. The number of hydrogen-bond acceptors (Lipinski definition) is 8. The van der Waals surface area contributed by atoms with E-state index in [0.717, 1.165) is 0 Å². The second-order valence-corrected chi connectivity index (χ2v) is 9.31. The molecule has 0 aromatic heterocycles. The molecule has 0 saturated heterocycles. The Morgan fingerprint density at radius 3 is 1.69 bits per heavy atom. The first-order chi connectivity index (χ1) is 19.8. The second-order valence-electron chi connectivity index (χ2n) is 9.31. The molecule has 3 amide bonds. The summed E-state index contributed by atoms with van der Waals surface area (Å²) in [4.78, 5) is 69.5. The van der Waals surface area contributed by atoms with Gasteiger partial charge >= 0.3 is 11.9 Å². The van der Waals surface area contributed by atoms with Gasteiger partial charge in [-0.25, -0.2) is 4.79 Å². The monoisotopic (exact) mass is 592 g/mol. The van der Waals surface area contributed by atoms with Crippen molar-refractivity contribution in [2.24, 2.45) is 38.7 Å². The van der Waals surface area contributed by atoms with Crippen molar-refractivity contribution in [3.8, 4) is 0 Å². The summed E-state index contributed by atoms with van der Waals surface area (Å²) in [7, 11) is 0. The molecule has 232 valence electrons. The first kappa shape index (κ1) is 35.1. The molecule has 0 spiro atoms. The lowest BCUT2D eigenvalue weighted by molar-refractivity contribution is -0.142. The summed E-state index contributed by atoms with van der Waals surface area (Å²) in [5.41, 5.74) is 27.5. The number of amides is 3. The lowest BCUT2D eigenvalue weighted by Gasteiger charge is -2.25. The van der Waals surface area contributed by atoms with Crippen LogP contribution in [0.2, 0.25) is 0 Å². The fraction of sp³-hybridized carbons (Fsp3) is 0.480. The number of carbonyl (C=O) groups is 5. The van der Waals surface area contributed by atoms with Gasteiger partial charge in [-0.2, -0.15) is 0 Å². The average molecular weight is 593 g/mol. The molecule has 42 heavy (non-hydrogen) atoms. The van der Waals surface area contributed by atoms with Gasteiger partial charge in [-0.3, -0.25) is 29.2 Å². The summed E-state index contributed by atoms with van der Waals surface area (Å²) in [6, 6.07) is 3.43. The molecule has 0 aliphatic heterocycles. The molecule has 0 fully saturated rings. The van der Waals surface area contributed by atoms with Crippen molar-refractivity contribution >= 4 is 41.6 Å². The molecule has 0 heterocycles. The van der Waals surface area contributed by atoms with Crippen molar-refractivity contribution in [1.29, 1.82) is 0 Å². The molecular weight excluding hydrogens is 552 g/mol. The van der Waals surface area contributed by atoms with Crippen LogP contribution in [0.4, 0.5) is 0 Å². The number of guanidine groups is 2. The van der Waals surface area contributed by atoms with Gasteiger partial charge in [-0.05, 0) is 31.2 Å². The summed E-state index contributed by atoms with van der Waals surface area (Å²) in [6.07, 6.45) is -0.174. The van der Waals surface area contributed by atoms with Crippen molar-refractivity contribution in [3.63, 3.8) is 0 Å². The summed E-state index contributed by atoms with van der Waals surface area (Å²) in [5.74, 6) is -5.39. The molecule has 17 heteroatoms. The summed E-state index contributed by atoms with van der Waals surface area (Å²) < 4.78 is 0. The predicted molar refractivity (Wildman–Crippen MR) is 154 cm³/mol. The Labute approximate surface area is 242 Å². The lowest BCUT2D eigenvalue weighted by Crippen LogP contribution is -2.57. The summed E-state index contributed by atoms with van der Waals surface area (Å²) >= 11 is 0. The van der Waals surface area contributed by atoms with Crippen LogP contribution in [0.15, 0.2) is 40.3 Å². The molecule has 15 N–H and O–H groups in total. The van der Waals surface area contributed by atoms with Crippen molar-refractivity contribution in [2.75, 3.05) is 13.1 Å². The molecule has 4 unspecified atom stereocenters. The fourth-order valence-electron chi connectivity index (χ4n) is 3.70. The van der Waals surface area contributed by atoms with Crippen LogP contribution in [0.3, 0.4) is 0 Å². The first-order valence-corrected chi connectivity index (χ1v) is 13.1. The molecule has 0 aliphatic carbocycles. The Bertz CT molecular complexity index is 1120. The standard InChI is InChI=1S/C25H40N10O7/c26-15(13-19(36)37)20(38)33-16(8-4-10-31-24(27)28)21(39)35-18(12-14-6-2-1-3-7-14)22(40)34-17(23(41)42)9-5-11-32-25(29)30/h1-3,6-7,15-18H,4-5,8-13,26H2,(H,33,38)(H,34,40)(H,35,39)(H,36,37)(H,41,42)(H4,27,28,31)(H4,29,30,32).